The Bertz CT molecular complexity index is 1180. The van der Waals surface area contributed by atoms with E-state index in [1.165, 1.54) is 12.1 Å². The van der Waals surface area contributed by atoms with Gasteiger partial charge in [0.05, 0.1) is 5.56 Å². The minimum atomic E-state index is -4.45. The minimum absolute atomic E-state index is 0.119. The van der Waals surface area contributed by atoms with E-state index in [-0.39, 0.29) is 12.8 Å². The average molecular weight is 484 g/mol. The maximum Gasteiger partial charge on any atom is 0.416 e. The van der Waals surface area contributed by atoms with Gasteiger partial charge in [0.2, 0.25) is 10.0 Å². The molecular weight excluding hydrogens is 463 g/mol. The molecular formula is C22H20F3NO4S2. The van der Waals surface area contributed by atoms with E-state index in [1.807, 2.05) is 0 Å². The summed E-state index contributed by atoms with van der Waals surface area (Å²) in [4.78, 5) is 12.7. The van der Waals surface area contributed by atoms with E-state index in [0.29, 0.717) is 10.5 Å². The Hall–Kier alpha value is -2.30. The molecule has 2 aliphatic rings. The largest absolute Gasteiger partial charge is 0.480 e. The first kappa shape index (κ1) is 22.9. The fourth-order valence-corrected chi connectivity index (χ4v) is 7.35. The lowest BCUT2D eigenvalue weighted by Crippen LogP contribution is -2.50. The van der Waals surface area contributed by atoms with Gasteiger partial charge in [-0.15, -0.1) is 11.8 Å². The second kappa shape index (κ2) is 7.64. The Labute approximate surface area is 187 Å². The number of aliphatic carboxylic acids is 1. The van der Waals surface area contributed by atoms with Gasteiger partial charge in [0.25, 0.3) is 0 Å². The van der Waals surface area contributed by atoms with Gasteiger partial charge in [-0.1, -0.05) is 55.5 Å². The van der Waals surface area contributed by atoms with E-state index >= 15 is 0 Å². The summed E-state index contributed by atoms with van der Waals surface area (Å²) in [7, 11) is -4.05. The summed E-state index contributed by atoms with van der Waals surface area (Å²) in [6, 6.07) is 13.4. The van der Waals surface area contributed by atoms with E-state index in [9.17, 15) is 31.5 Å². The highest BCUT2D eigenvalue weighted by Gasteiger charge is 2.72. The quantitative estimate of drug-likeness (QED) is 0.627. The van der Waals surface area contributed by atoms with E-state index in [4.69, 9.17) is 0 Å². The van der Waals surface area contributed by atoms with E-state index in [1.54, 1.807) is 43.3 Å². The maximum atomic E-state index is 13.1. The summed E-state index contributed by atoms with van der Waals surface area (Å²) in [5.74, 6) is -1.24. The van der Waals surface area contributed by atoms with Crippen molar-refractivity contribution in [2.75, 3.05) is 0 Å². The van der Waals surface area contributed by atoms with Crippen molar-refractivity contribution in [1.29, 1.82) is 0 Å². The number of nitrogens with one attached hydrogen (secondary N) is 1. The Morgan fingerprint density at radius 1 is 1.12 bits per heavy atom. The van der Waals surface area contributed by atoms with Crippen molar-refractivity contribution in [1.82, 2.24) is 4.72 Å². The third-order valence-corrected chi connectivity index (χ3v) is 9.80. The summed E-state index contributed by atoms with van der Waals surface area (Å²) in [6.45, 7) is 1.71. The van der Waals surface area contributed by atoms with E-state index in [0.717, 1.165) is 29.5 Å². The summed E-state index contributed by atoms with van der Waals surface area (Å²) < 4.78 is 66.0. The van der Waals surface area contributed by atoms with Crippen LogP contribution in [-0.2, 0) is 26.4 Å². The number of carbonyl (C=O) groups is 1. The molecule has 170 valence electrons. The van der Waals surface area contributed by atoms with Gasteiger partial charge in [-0.25, -0.2) is 8.42 Å². The van der Waals surface area contributed by atoms with Crippen molar-refractivity contribution < 1.29 is 31.5 Å². The third kappa shape index (κ3) is 3.84. The number of hydrogen-bond donors (Lipinski definition) is 2. The van der Waals surface area contributed by atoms with Crippen molar-refractivity contribution in [3.05, 3.63) is 77.4 Å². The molecule has 2 aromatic rings. The van der Waals surface area contributed by atoms with Gasteiger partial charge >= 0.3 is 12.1 Å². The van der Waals surface area contributed by atoms with Crippen LogP contribution in [0.3, 0.4) is 0 Å². The molecule has 5 nitrogen and oxygen atoms in total. The predicted molar refractivity (Wildman–Crippen MR) is 116 cm³/mol. The Morgan fingerprint density at radius 2 is 1.75 bits per heavy atom. The summed E-state index contributed by atoms with van der Waals surface area (Å²) >= 11 is 0.997. The molecule has 4 rings (SSSR count). The topological polar surface area (TPSA) is 83.5 Å². The number of thioether (sulfide) groups is 1. The van der Waals surface area contributed by atoms with Gasteiger partial charge < -0.3 is 5.11 Å². The number of halogens is 3. The van der Waals surface area contributed by atoms with Crippen molar-refractivity contribution >= 4 is 32.7 Å². The van der Waals surface area contributed by atoms with E-state index in [2.05, 4.69) is 4.72 Å². The highest BCUT2D eigenvalue weighted by Crippen LogP contribution is 2.58. The lowest BCUT2D eigenvalue weighted by molar-refractivity contribution is -0.141. The number of benzene rings is 2. The molecule has 1 fully saturated rings. The molecule has 1 aliphatic heterocycles. The van der Waals surface area contributed by atoms with Crippen LogP contribution in [0.15, 0.2) is 60.7 Å². The van der Waals surface area contributed by atoms with Gasteiger partial charge in [0, 0.05) is 10.3 Å². The van der Waals surface area contributed by atoms with Crippen molar-refractivity contribution in [3.8, 4) is 0 Å². The van der Waals surface area contributed by atoms with Crippen LogP contribution in [0.25, 0.3) is 4.91 Å². The molecule has 1 aliphatic carbocycles. The minimum Gasteiger partial charge on any atom is -0.480 e. The number of carboxylic acid groups (broad SMARTS) is 1. The molecule has 1 saturated carbocycles. The van der Waals surface area contributed by atoms with Crippen LogP contribution >= 0.6 is 11.8 Å². The zero-order valence-electron chi connectivity index (χ0n) is 16.9. The van der Waals surface area contributed by atoms with Gasteiger partial charge in [0.15, 0.2) is 0 Å². The van der Waals surface area contributed by atoms with Crippen LogP contribution < -0.4 is 4.72 Å². The molecule has 2 aromatic carbocycles. The van der Waals surface area contributed by atoms with Crippen LogP contribution in [0.4, 0.5) is 13.2 Å². The second-order valence-corrected chi connectivity index (χ2v) is 11.6. The SMILES string of the molecule is C[C@]1(c2ccccc2)C[C@@]1(NS(=O)(=O)C1CC=C(c2ccc(C(F)(F)F)cc2)S1)C(=O)O. The van der Waals surface area contributed by atoms with Crippen molar-refractivity contribution in [3.63, 3.8) is 0 Å². The Kier molecular flexibility index (Phi) is 5.46. The monoisotopic (exact) mass is 483 g/mol. The first-order valence-electron chi connectivity index (χ1n) is 9.75. The number of sulfonamides is 1. The summed E-state index contributed by atoms with van der Waals surface area (Å²) in [5.41, 5.74) is -2.11. The average Bonchev–Trinajstić information content (AvgIpc) is 3.11. The fourth-order valence-electron chi connectivity index (χ4n) is 4.09. The third-order valence-electron chi connectivity index (χ3n) is 6.13. The molecule has 0 saturated heterocycles. The number of carboxylic acids is 1. The maximum absolute atomic E-state index is 13.1. The molecule has 0 spiro atoms. The van der Waals surface area contributed by atoms with Crippen LogP contribution in [0.2, 0.25) is 0 Å². The van der Waals surface area contributed by atoms with Crippen LogP contribution in [0.1, 0.15) is 36.5 Å². The Balaban J connectivity index is 1.51. The molecule has 0 bridgehead atoms. The van der Waals surface area contributed by atoms with Crippen molar-refractivity contribution in [2.24, 2.45) is 0 Å². The van der Waals surface area contributed by atoms with Gasteiger partial charge in [0.1, 0.15) is 10.1 Å². The summed E-state index contributed by atoms with van der Waals surface area (Å²) in [5, 5.41) is 9.89. The second-order valence-electron chi connectivity index (χ2n) is 8.16. The molecule has 1 heterocycles. The molecule has 2 N–H and O–H groups in total. The highest BCUT2D eigenvalue weighted by atomic mass is 32.3. The first-order valence-corrected chi connectivity index (χ1v) is 12.2. The molecule has 32 heavy (non-hydrogen) atoms. The highest BCUT2D eigenvalue weighted by molar-refractivity contribution is 8.18. The molecule has 0 radical (unpaired) electrons. The van der Waals surface area contributed by atoms with Gasteiger partial charge in [-0.3, -0.25) is 4.79 Å². The summed E-state index contributed by atoms with van der Waals surface area (Å²) in [6.07, 6.45) is -2.57. The van der Waals surface area contributed by atoms with Crippen LogP contribution in [0.5, 0.6) is 0 Å². The van der Waals surface area contributed by atoms with E-state index < -0.39 is 43.3 Å². The zero-order valence-corrected chi connectivity index (χ0v) is 18.5. The lowest BCUT2D eigenvalue weighted by atomic mass is 9.93. The van der Waals surface area contributed by atoms with Crippen LogP contribution in [-0.4, -0.2) is 29.6 Å². The predicted octanol–water partition coefficient (Wildman–Crippen LogP) is 4.61. The van der Waals surface area contributed by atoms with Crippen LogP contribution in [0, 0.1) is 0 Å². The standard InChI is InChI=1S/C22H20F3NO4S2/c1-20(15-5-3-2-4-6-15)13-21(20,19(27)28)26-32(29,30)18-12-11-17(31-18)14-7-9-16(10-8-14)22(23,24)25/h2-11,18,26H,12-13H2,1H3,(H,27,28)/t18?,20-,21-/m1/s1. The molecule has 0 amide bonds. The van der Waals surface area contributed by atoms with Crippen molar-refractivity contribution in [2.45, 2.75) is 41.5 Å². The smallest absolute Gasteiger partial charge is 0.416 e. The van der Waals surface area contributed by atoms with Gasteiger partial charge in [-0.2, -0.15) is 17.9 Å². The lowest BCUT2D eigenvalue weighted by Gasteiger charge is -2.23. The zero-order chi connectivity index (χ0) is 23.4. The molecule has 3 atom stereocenters. The van der Waals surface area contributed by atoms with Gasteiger partial charge in [-0.05, 0) is 36.1 Å². The number of rotatable bonds is 6. The normalized spacial score (nSPS) is 27.8. The fraction of sp³-hybridized carbons (Fsp3) is 0.318. The molecule has 1 unspecified atom stereocenters. The number of alkyl halides is 3. The molecule has 10 heteroatoms. The number of allylic oxidation sites excluding steroid dienone is 1. The number of hydrogen-bond acceptors (Lipinski definition) is 4. The Morgan fingerprint density at radius 3 is 2.31 bits per heavy atom. The molecule has 0 aromatic heterocycles. The first-order chi connectivity index (χ1) is 14.9.